The molecule has 2 aliphatic heterocycles. The highest BCUT2D eigenvalue weighted by molar-refractivity contribution is 14.0. The van der Waals surface area contributed by atoms with Gasteiger partial charge in [0.05, 0.1) is 6.54 Å². The molecule has 0 radical (unpaired) electrons. The summed E-state index contributed by atoms with van der Waals surface area (Å²) >= 11 is 0. The van der Waals surface area contributed by atoms with Gasteiger partial charge in [-0.05, 0) is 46.2 Å². The van der Waals surface area contributed by atoms with Gasteiger partial charge in [0.1, 0.15) is 12.4 Å². The van der Waals surface area contributed by atoms with Gasteiger partial charge >= 0.3 is 0 Å². The lowest BCUT2D eigenvalue weighted by Gasteiger charge is -2.41. The third-order valence-corrected chi connectivity index (χ3v) is 5.64. The summed E-state index contributed by atoms with van der Waals surface area (Å²) in [6.45, 7) is 9.18. The Hall–Kier alpha value is -0.940. The minimum absolute atomic E-state index is 0. The number of piperidine rings is 1. The molecule has 0 amide bonds. The van der Waals surface area contributed by atoms with Crippen LogP contribution in [-0.4, -0.2) is 71.0 Å². The fourth-order valence-electron chi connectivity index (χ4n) is 3.97. The van der Waals surface area contributed by atoms with Crippen LogP contribution >= 0.6 is 24.0 Å². The van der Waals surface area contributed by atoms with Gasteiger partial charge < -0.3 is 15.4 Å². The molecule has 1 fully saturated rings. The van der Waals surface area contributed by atoms with Gasteiger partial charge in [0.25, 0.3) is 0 Å². The Balaban J connectivity index is 0.00000280. The summed E-state index contributed by atoms with van der Waals surface area (Å²) in [6, 6.07) is 0.305. The van der Waals surface area contributed by atoms with Gasteiger partial charge in [-0.1, -0.05) is 6.42 Å². The van der Waals surface area contributed by atoms with Gasteiger partial charge in [-0.25, -0.2) is 9.67 Å². The summed E-state index contributed by atoms with van der Waals surface area (Å²) in [5.74, 6) is 2.68. The smallest absolute Gasteiger partial charge is 0.191 e. The lowest BCUT2D eigenvalue weighted by atomic mass is 9.98. The molecule has 0 spiro atoms. The fraction of sp³-hybridized carbons (Fsp3) is 0.842. The van der Waals surface area contributed by atoms with Gasteiger partial charge in [-0.15, -0.1) is 24.0 Å². The number of halogens is 1. The largest absolute Gasteiger partial charge is 0.377 e. The molecule has 1 atom stereocenters. The Kier molecular flexibility index (Phi) is 8.94. The van der Waals surface area contributed by atoms with E-state index in [1.807, 2.05) is 11.7 Å². The third kappa shape index (κ3) is 6.03. The van der Waals surface area contributed by atoms with E-state index in [1.165, 1.54) is 32.4 Å². The quantitative estimate of drug-likeness (QED) is 0.349. The molecular weight excluding hydrogens is 469 g/mol. The average molecular weight is 505 g/mol. The van der Waals surface area contributed by atoms with E-state index in [-0.39, 0.29) is 29.5 Å². The lowest BCUT2D eigenvalue weighted by molar-refractivity contribution is 0.0981. The molecule has 0 aliphatic carbocycles. The first-order chi connectivity index (χ1) is 13.0. The molecule has 0 aromatic carbocycles. The highest BCUT2D eigenvalue weighted by atomic mass is 127. The van der Waals surface area contributed by atoms with Crippen LogP contribution in [0.3, 0.4) is 0 Å². The molecule has 0 saturated carbocycles. The number of rotatable bonds is 6. The number of hydrogen-bond acceptors (Lipinski definition) is 5. The standard InChI is InChI=1S/C19H35N7O.HI/c1-19(2,25-10-6-5-7-11-25)14-21-18(20-3)22-15-8-9-17-23-16(13-27-4)24-26(17)12-15;/h15H,5-14H2,1-4H3,(H2,20,21,22);1H. The number of aromatic nitrogens is 3. The summed E-state index contributed by atoms with van der Waals surface area (Å²) in [7, 11) is 3.51. The highest BCUT2D eigenvalue weighted by Crippen LogP contribution is 2.20. The number of hydrogen-bond donors (Lipinski definition) is 2. The van der Waals surface area contributed by atoms with Crippen LogP contribution in [0.1, 0.15) is 51.2 Å². The summed E-state index contributed by atoms with van der Waals surface area (Å²) in [5.41, 5.74) is 0.124. The Bertz CT molecular complexity index is 640. The van der Waals surface area contributed by atoms with E-state index in [4.69, 9.17) is 4.74 Å². The van der Waals surface area contributed by atoms with Crippen LogP contribution < -0.4 is 10.6 Å². The number of fused-ring (bicyclic) bond motifs is 1. The summed E-state index contributed by atoms with van der Waals surface area (Å²) < 4.78 is 7.14. The van der Waals surface area contributed by atoms with E-state index >= 15 is 0 Å². The van der Waals surface area contributed by atoms with Gasteiger partial charge in [-0.2, -0.15) is 5.10 Å². The van der Waals surface area contributed by atoms with Crippen LogP contribution in [-0.2, 0) is 24.3 Å². The SMILES string of the molecule is CN=C(NCC(C)(C)N1CCCCC1)NC1CCc2nc(COC)nn2C1.I. The number of ether oxygens (including phenoxy) is 1. The van der Waals surface area contributed by atoms with Crippen molar-refractivity contribution in [2.24, 2.45) is 4.99 Å². The van der Waals surface area contributed by atoms with E-state index in [1.54, 1.807) is 7.11 Å². The minimum Gasteiger partial charge on any atom is -0.377 e. The first-order valence-corrected chi connectivity index (χ1v) is 10.2. The van der Waals surface area contributed by atoms with Crippen LogP contribution in [0, 0.1) is 0 Å². The molecule has 28 heavy (non-hydrogen) atoms. The second-order valence-electron chi connectivity index (χ2n) is 8.23. The molecule has 1 unspecified atom stereocenters. The second kappa shape index (κ2) is 10.7. The Morgan fingerprint density at radius 3 is 2.71 bits per heavy atom. The number of methoxy groups -OCH3 is 1. The summed E-state index contributed by atoms with van der Waals surface area (Å²) in [5, 5.41) is 11.6. The van der Waals surface area contributed by atoms with Crippen molar-refractivity contribution in [1.29, 1.82) is 0 Å². The maximum atomic E-state index is 5.14. The van der Waals surface area contributed by atoms with Crippen LogP contribution in [0.2, 0.25) is 0 Å². The topological polar surface area (TPSA) is 79.6 Å². The molecule has 2 aliphatic rings. The molecule has 9 heteroatoms. The van der Waals surface area contributed by atoms with Crippen molar-refractivity contribution in [3.63, 3.8) is 0 Å². The van der Waals surface area contributed by atoms with E-state index < -0.39 is 0 Å². The number of aliphatic imine (C=N–C) groups is 1. The van der Waals surface area contributed by atoms with Gasteiger partial charge in [0.2, 0.25) is 0 Å². The molecule has 160 valence electrons. The monoisotopic (exact) mass is 505 g/mol. The molecule has 3 rings (SSSR count). The number of aryl methyl sites for hydroxylation is 1. The normalized spacial score (nSPS) is 21.0. The maximum absolute atomic E-state index is 5.14. The zero-order chi connectivity index (χ0) is 19.3. The molecule has 1 saturated heterocycles. The van der Waals surface area contributed by atoms with Crippen molar-refractivity contribution in [2.45, 2.75) is 70.7 Å². The van der Waals surface area contributed by atoms with Gasteiger partial charge in [0.15, 0.2) is 11.8 Å². The van der Waals surface area contributed by atoms with Crippen molar-refractivity contribution in [3.05, 3.63) is 11.6 Å². The van der Waals surface area contributed by atoms with Crippen molar-refractivity contribution in [1.82, 2.24) is 30.3 Å². The summed E-state index contributed by atoms with van der Waals surface area (Å²) in [4.78, 5) is 11.6. The number of likely N-dealkylation sites (tertiary alicyclic amines) is 1. The summed E-state index contributed by atoms with van der Waals surface area (Å²) in [6.07, 6.45) is 5.93. The van der Waals surface area contributed by atoms with E-state index in [0.29, 0.717) is 12.6 Å². The zero-order valence-electron chi connectivity index (χ0n) is 17.7. The third-order valence-electron chi connectivity index (χ3n) is 5.64. The Labute approximate surface area is 185 Å². The van der Waals surface area contributed by atoms with Crippen molar-refractivity contribution >= 4 is 29.9 Å². The van der Waals surface area contributed by atoms with Crippen LogP contribution in [0.4, 0.5) is 0 Å². The van der Waals surface area contributed by atoms with Crippen LogP contribution in [0.25, 0.3) is 0 Å². The number of nitrogens with one attached hydrogen (secondary N) is 2. The van der Waals surface area contributed by atoms with Gasteiger partial charge in [-0.3, -0.25) is 9.89 Å². The Morgan fingerprint density at radius 1 is 1.29 bits per heavy atom. The molecule has 1 aromatic heterocycles. The predicted molar refractivity (Wildman–Crippen MR) is 122 cm³/mol. The zero-order valence-corrected chi connectivity index (χ0v) is 20.0. The van der Waals surface area contributed by atoms with E-state index in [9.17, 15) is 0 Å². The fourth-order valence-corrected chi connectivity index (χ4v) is 3.97. The van der Waals surface area contributed by atoms with Crippen molar-refractivity contribution in [3.8, 4) is 0 Å². The highest BCUT2D eigenvalue weighted by Gasteiger charge is 2.28. The first kappa shape index (κ1) is 23.3. The van der Waals surface area contributed by atoms with Gasteiger partial charge in [0, 0.05) is 38.7 Å². The van der Waals surface area contributed by atoms with Crippen molar-refractivity contribution in [2.75, 3.05) is 33.8 Å². The number of nitrogens with zero attached hydrogens (tertiary/aromatic N) is 5. The first-order valence-electron chi connectivity index (χ1n) is 10.2. The van der Waals surface area contributed by atoms with E-state index in [0.717, 1.165) is 43.5 Å². The number of guanidine groups is 1. The Morgan fingerprint density at radius 2 is 2.04 bits per heavy atom. The van der Waals surface area contributed by atoms with E-state index in [2.05, 4.69) is 44.5 Å². The average Bonchev–Trinajstić information content (AvgIpc) is 3.07. The molecule has 1 aromatic rings. The molecular formula is C19H36IN7O. The van der Waals surface area contributed by atoms with Crippen molar-refractivity contribution < 1.29 is 4.74 Å². The van der Waals surface area contributed by atoms with Crippen LogP contribution in [0.5, 0.6) is 0 Å². The molecule has 0 bridgehead atoms. The molecule has 3 heterocycles. The lowest BCUT2D eigenvalue weighted by Crippen LogP contribution is -2.56. The molecule has 2 N–H and O–H groups in total. The molecule has 8 nitrogen and oxygen atoms in total. The second-order valence-corrected chi connectivity index (χ2v) is 8.23. The predicted octanol–water partition coefficient (Wildman–Crippen LogP) is 1.79. The maximum Gasteiger partial charge on any atom is 0.191 e. The van der Waals surface area contributed by atoms with Crippen LogP contribution in [0.15, 0.2) is 4.99 Å². The minimum atomic E-state index is 0.